The number of nitrogens with one attached hydrogen (secondary N) is 1. The van der Waals surface area contributed by atoms with Gasteiger partial charge >= 0.3 is 5.97 Å². The maximum Gasteiger partial charge on any atom is 0.354 e. The van der Waals surface area contributed by atoms with Crippen LogP contribution in [0.15, 0.2) is 12.1 Å². The SMILES string of the molecule is O=C1CCC(N2Cc3ccc(C(=O)O)nc3C2=O)C(=O)N1. The molecule has 1 aromatic heterocycles. The van der Waals surface area contributed by atoms with Crippen LogP contribution in [0.25, 0.3) is 0 Å². The second kappa shape index (κ2) is 4.65. The van der Waals surface area contributed by atoms with Crippen LogP contribution in [-0.2, 0) is 16.1 Å². The topological polar surface area (TPSA) is 117 Å². The summed E-state index contributed by atoms with van der Waals surface area (Å²) in [5.41, 5.74) is 0.418. The van der Waals surface area contributed by atoms with Crippen molar-refractivity contribution in [1.29, 1.82) is 0 Å². The molecule has 1 unspecified atom stereocenters. The highest BCUT2D eigenvalue weighted by atomic mass is 16.4. The van der Waals surface area contributed by atoms with E-state index in [0.29, 0.717) is 5.56 Å². The van der Waals surface area contributed by atoms with Gasteiger partial charge in [0.25, 0.3) is 5.91 Å². The van der Waals surface area contributed by atoms with Gasteiger partial charge < -0.3 is 10.0 Å². The van der Waals surface area contributed by atoms with E-state index in [0.717, 1.165) is 0 Å². The van der Waals surface area contributed by atoms with Gasteiger partial charge in [-0.25, -0.2) is 9.78 Å². The molecule has 2 aliphatic heterocycles. The Morgan fingerprint density at radius 3 is 2.76 bits per heavy atom. The number of carbonyl (C=O) groups excluding carboxylic acids is 3. The van der Waals surface area contributed by atoms with Crippen LogP contribution in [0, 0.1) is 0 Å². The zero-order valence-electron chi connectivity index (χ0n) is 10.8. The second-order valence-corrected chi connectivity index (χ2v) is 4.91. The molecule has 1 aromatic rings. The van der Waals surface area contributed by atoms with Crippen LogP contribution in [0.1, 0.15) is 39.4 Å². The predicted molar refractivity (Wildman–Crippen MR) is 67.2 cm³/mol. The number of fused-ring (bicyclic) bond motifs is 1. The number of aromatic carboxylic acids is 1. The first-order chi connectivity index (χ1) is 9.97. The van der Waals surface area contributed by atoms with E-state index in [4.69, 9.17) is 5.11 Å². The Balaban J connectivity index is 1.88. The summed E-state index contributed by atoms with van der Waals surface area (Å²) in [5.74, 6) is -2.56. The first-order valence-corrected chi connectivity index (χ1v) is 6.35. The number of hydrogen-bond donors (Lipinski definition) is 2. The molecule has 0 bridgehead atoms. The fourth-order valence-corrected chi connectivity index (χ4v) is 2.54. The molecule has 0 spiro atoms. The standard InChI is InChI=1S/C13H11N3O5/c17-9-4-3-8(11(18)15-9)16-5-6-1-2-7(13(20)21)14-10(6)12(16)19/h1-2,8H,3-5H2,(H,20,21)(H,15,17,18). The highest BCUT2D eigenvalue weighted by Gasteiger charge is 2.40. The molecule has 1 saturated heterocycles. The number of carbonyl (C=O) groups is 4. The van der Waals surface area contributed by atoms with E-state index in [1.54, 1.807) is 0 Å². The van der Waals surface area contributed by atoms with Crippen molar-refractivity contribution >= 4 is 23.7 Å². The third-order valence-electron chi connectivity index (χ3n) is 3.59. The lowest BCUT2D eigenvalue weighted by atomic mass is 10.0. The van der Waals surface area contributed by atoms with Gasteiger partial charge in [-0.3, -0.25) is 19.7 Å². The van der Waals surface area contributed by atoms with Crippen LogP contribution in [-0.4, -0.2) is 44.7 Å². The Labute approximate surface area is 118 Å². The average molecular weight is 289 g/mol. The third kappa shape index (κ3) is 2.14. The van der Waals surface area contributed by atoms with Crippen LogP contribution in [0.3, 0.4) is 0 Å². The number of amides is 3. The Morgan fingerprint density at radius 2 is 2.10 bits per heavy atom. The Hall–Kier alpha value is -2.77. The van der Waals surface area contributed by atoms with Crippen LogP contribution >= 0.6 is 0 Å². The van der Waals surface area contributed by atoms with Crippen molar-refractivity contribution in [2.75, 3.05) is 0 Å². The molecule has 108 valence electrons. The molecule has 2 N–H and O–H groups in total. The minimum atomic E-state index is -1.22. The highest BCUT2D eigenvalue weighted by molar-refractivity contribution is 6.05. The number of hydrogen-bond acceptors (Lipinski definition) is 5. The van der Waals surface area contributed by atoms with Crippen molar-refractivity contribution in [3.8, 4) is 0 Å². The van der Waals surface area contributed by atoms with Gasteiger partial charge in [-0.15, -0.1) is 0 Å². The number of carboxylic acid groups (broad SMARTS) is 1. The van der Waals surface area contributed by atoms with Crippen molar-refractivity contribution in [2.45, 2.75) is 25.4 Å². The number of carboxylic acids is 1. The van der Waals surface area contributed by atoms with Crippen molar-refractivity contribution < 1.29 is 24.3 Å². The molecular formula is C13H11N3O5. The van der Waals surface area contributed by atoms with Gasteiger partial charge in [0.05, 0.1) is 0 Å². The predicted octanol–water partition coefficient (Wildman–Crippen LogP) is -0.459. The molecule has 0 saturated carbocycles. The zero-order valence-corrected chi connectivity index (χ0v) is 10.8. The summed E-state index contributed by atoms with van der Waals surface area (Å²) in [6.45, 7) is 0.188. The molecule has 3 heterocycles. The fraction of sp³-hybridized carbons (Fsp3) is 0.308. The first-order valence-electron chi connectivity index (χ1n) is 6.35. The van der Waals surface area contributed by atoms with Gasteiger partial charge in [-0.1, -0.05) is 6.07 Å². The molecule has 0 aliphatic carbocycles. The summed E-state index contributed by atoms with van der Waals surface area (Å²) in [6, 6.07) is 2.12. The summed E-state index contributed by atoms with van der Waals surface area (Å²) in [5, 5.41) is 11.1. The molecule has 1 atom stereocenters. The third-order valence-corrected chi connectivity index (χ3v) is 3.59. The van der Waals surface area contributed by atoms with Gasteiger partial charge in [-0.2, -0.15) is 0 Å². The van der Waals surface area contributed by atoms with E-state index in [1.807, 2.05) is 0 Å². The Kier molecular flexibility index (Phi) is 2.93. The van der Waals surface area contributed by atoms with Gasteiger partial charge in [0, 0.05) is 18.5 Å². The maximum atomic E-state index is 12.3. The minimum absolute atomic E-state index is 0.0552. The quantitative estimate of drug-likeness (QED) is 0.712. The summed E-state index contributed by atoms with van der Waals surface area (Å²) in [6.07, 6.45) is 0.431. The van der Waals surface area contributed by atoms with Crippen LogP contribution in [0.2, 0.25) is 0 Å². The Bertz CT molecular complexity index is 684. The van der Waals surface area contributed by atoms with Crippen molar-refractivity contribution in [2.24, 2.45) is 0 Å². The number of rotatable bonds is 2. The van der Waals surface area contributed by atoms with Crippen molar-refractivity contribution in [3.05, 3.63) is 29.1 Å². The van der Waals surface area contributed by atoms with E-state index in [1.165, 1.54) is 17.0 Å². The monoisotopic (exact) mass is 289 g/mol. The van der Waals surface area contributed by atoms with E-state index >= 15 is 0 Å². The van der Waals surface area contributed by atoms with E-state index in [9.17, 15) is 19.2 Å². The fourth-order valence-electron chi connectivity index (χ4n) is 2.54. The Morgan fingerprint density at radius 1 is 1.33 bits per heavy atom. The molecular weight excluding hydrogens is 278 g/mol. The second-order valence-electron chi connectivity index (χ2n) is 4.91. The average Bonchev–Trinajstić information content (AvgIpc) is 2.75. The van der Waals surface area contributed by atoms with Crippen LogP contribution < -0.4 is 5.32 Å². The molecule has 3 amide bonds. The van der Waals surface area contributed by atoms with Crippen molar-refractivity contribution in [3.63, 3.8) is 0 Å². The zero-order chi connectivity index (χ0) is 15.1. The van der Waals surface area contributed by atoms with E-state index in [2.05, 4.69) is 10.3 Å². The molecule has 2 aliphatic rings. The lowest BCUT2D eigenvalue weighted by Gasteiger charge is -2.29. The van der Waals surface area contributed by atoms with Gasteiger partial charge in [0.2, 0.25) is 11.8 Å². The molecule has 3 rings (SSSR count). The van der Waals surface area contributed by atoms with Gasteiger partial charge in [0.15, 0.2) is 0 Å². The molecule has 1 fully saturated rings. The van der Waals surface area contributed by atoms with Crippen molar-refractivity contribution in [1.82, 2.24) is 15.2 Å². The van der Waals surface area contributed by atoms with Gasteiger partial charge in [0.1, 0.15) is 17.4 Å². The molecule has 8 heteroatoms. The molecule has 0 aromatic carbocycles. The summed E-state index contributed by atoms with van der Waals surface area (Å²) in [4.78, 5) is 51.3. The van der Waals surface area contributed by atoms with Crippen LogP contribution in [0.5, 0.6) is 0 Å². The molecule has 21 heavy (non-hydrogen) atoms. The number of imide groups is 1. The highest BCUT2D eigenvalue weighted by Crippen LogP contribution is 2.26. The lowest BCUT2D eigenvalue weighted by molar-refractivity contribution is -0.136. The largest absolute Gasteiger partial charge is 0.477 e. The molecule has 8 nitrogen and oxygen atoms in total. The number of piperidine rings is 1. The smallest absolute Gasteiger partial charge is 0.354 e. The minimum Gasteiger partial charge on any atom is -0.477 e. The lowest BCUT2D eigenvalue weighted by Crippen LogP contribution is -2.52. The van der Waals surface area contributed by atoms with Crippen LogP contribution in [0.4, 0.5) is 0 Å². The summed E-state index contributed by atoms with van der Waals surface area (Å²) < 4.78 is 0. The van der Waals surface area contributed by atoms with E-state index < -0.39 is 23.8 Å². The molecule has 0 radical (unpaired) electrons. The number of aromatic nitrogens is 1. The summed E-state index contributed by atoms with van der Waals surface area (Å²) >= 11 is 0. The number of pyridine rings is 1. The number of nitrogens with zero attached hydrogens (tertiary/aromatic N) is 2. The van der Waals surface area contributed by atoms with E-state index in [-0.39, 0.29) is 36.7 Å². The van der Waals surface area contributed by atoms with Gasteiger partial charge in [-0.05, 0) is 12.5 Å². The maximum absolute atomic E-state index is 12.3. The summed E-state index contributed by atoms with van der Waals surface area (Å²) in [7, 11) is 0. The first kappa shape index (κ1) is 13.2. The normalized spacial score (nSPS) is 21.2.